The molecule has 0 saturated carbocycles. The Hall–Kier alpha value is -3.22. The van der Waals surface area contributed by atoms with Crippen LogP contribution in [-0.4, -0.2) is 11.3 Å². The van der Waals surface area contributed by atoms with E-state index >= 15 is 0 Å². The first-order valence-corrected chi connectivity index (χ1v) is 8.28. The molecular formula is C20H15F3N2O2. The molecule has 0 amide bonds. The van der Waals surface area contributed by atoms with Gasteiger partial charge in [-0.05, 0) is 54.4 Å². The zero-order valence-corrected chi connectivity index (χ0v) is 14.2. The van der Waals surface area contributed by atoms with Gasteiger partial charge in [-0.2, -0.15) is 0 Å². The van der Waals surface area contributed by atoms with E-state index in [0.717, 1.165) is 11.1 Å². The number of benzene rings is 2. The van der Waals surface area contributed by atoms with Gasteiger partial charge in [-0.15, -0.1) is 8.78 Å². The van der Waals surface area contributed by atoms with Gasteiger partial charge in [-0.1, -0.05) is 18.2 Å². The van der Waals surface area contributed by atoms with Crippen LogP contribution >= 0.6 is 0 Å². The number of halogens is 3. The van der Waals surface area contributed by atoms with Gasteiger partial charge in [0.2, 0.25) is 0 Å². The van der Waals surface area contributed by atoms with Crippen LogP contribution in [0.1, 0.15) is 18.5 Å². The second-order valence-corrected chi connectivity index (χ2v) is 6.18. The van der Waals surface area contributed by atoms with Crippen LogP contribution in [0, 0.1) is 5.82 Å². The Morgan fingerprint density at radius 1 is 0.926 bits per heavy atom. The summed E-state index contributed by atoms with van der Waals surface area (Å²) in [7, 11) is 0. The minimum absolute atomic E-state index is 0.00289. The third-order valence-corrected chi connectivity index (χ3v) is 4.23. The lowest BCUT2D eigenvalue weighted by Gasteiger charge is -2.15. The molecule has 1 atom stereocenters. The molecule has 4 rings (SSSR count). The van der Waals surface area contributed by atoms with Gasteiger partial charge in [-0.25, -0.2) is 9.37 Å². The van der Waals surface area contributed by atoms with Gasteiger partial charge < -0.3 is 14.8 Å². The van der Waals surface area contributed by atoms with E-state index in [4.69, 9.17) is 0 Å². The summed E-state index contributed by atoms with van der Waals surface area (Å²) in [5, 5.41) is 3.23. The molecule has 0 saturated heterocycles. The molecule has 4 nitrogen and oxygen atoms in total. The highest BCUT2D eigenvalue weighted by atomic mass is 19.3. The Labute approximate surface area is 153 Å². The van der Waals surface area contributed by atoms with Crippen molar-refractivity contribution < 1.29 is 22.6 Å². The highest BCUT2D eigenvalue weighted by molar-refractivity contribution is 5.67. The normalized spacial score (nSPS) is 15.4. The van der Waals surface area contributed by atoms with Crippen molar-refractivity contribution in [2.24, 2.45) is 0 Å². The minimum Gasteiger partial charge on any atom is -0.395 e. The number of rotatable bonds is 4. The van der Waals surface area contributed by atoms with Crippen LogP contribution in [0.5, 0.6) is 11.5 Å². The topological polar surface area (TPSA) is 43.4 Å². The number of hydrogen-bond acceptors (Lipinski definition) is 4. The summed E-state index contributed by atoms with van der Waals surface area (Å²) in [4.78, 5) is 4.35. The largest absolute Gasteiger partial charge is 0.586 e. The van der Waals surface area contributed by atoms with E-state index in [9.17, 15) is 13.2 Å². The highest BCUT2D eigenvalue weighted by Gasteiger charge is 2.43. The molecule has 138 valence electrons. The summed E-state index contributed by atoms with van der Waals surface area (Å²) in [6, 6.07) is 14.4. The molecule has 1 aliphatic rings. The molecule has 7 heteroatoms. The third-order valence-electron chi connectivity index (χ3n) is 4.23. The van der Waals surface area contributed by atoms with Crippen molar-refractivity contribution in [1.82, 2.24) is 4.98 Å². The maximum Gasteiger partial charge on any atom is 0.586 e. The van der Waals surface area contributed by atoms with Crippen LogP contribution in [0.25, 0.3) is 11.1 Å². The molecule has 0 radical (unpaired) electrons. The standard InChI is InChI=1S/C20H15F3N2O2/c1-12(13-2-6-16(21)7-3-13)25-19-9-5-15(11-24-19)14-4-8-17-18(10-14)27-20(22,23)26-17/h2-12H,1H3,(H,24,25)/t12-/m1/s1. The molecule has 2 heterocycles. The van der Waals surface area contributed by atoms with Crippen LogP contribution in [0.2, 0.25) is 0 Å². The van der Waals surface area contributed by atoms with Crippen LogP contribution < -0.4 is 14.8 Å². The first kappa shape index (κ1) is 17.2. The lowest BCUT2D eigenvalue weighted by molar-refractivity contribution is -0.286. The molecule has 0 spiro atoms. The van der Waals surface area contributed by atoms with E-state index < -0.39 is 6.29 Å². The van der Waals surface area contributed by atoms with E-state index in [1.807, 2.05) is 13.0 Å². The maximum atomic E-state index is 13.1. The molecule has 0 unspecified atom stereocenters. The fraction of sp³-hybridized carbons (Fsp3) is 0.150. The molecule has 1 aliphatic heterocycles. The van der Waals surface area contributed by atoms with Crippen molar-refractivity contribution in [2.45, 2.75) is 19.3 Å². The summed E-state index contributed by atoms with van der Waals surface area (Å²) in [5.74, 6) is 0.352. The van der Waals surface area contributed by atoms with E-state index in [-0.39, 0.29) is 23.4 Å². The first-order valence-electron chi connectivity index (χ1n) is 8.28. The van der Waals surface area contributed by atoms with Crippen molar-refractivity contribution in [2.75, 3.05) is 5.32 Å². The summed E-state index contributed by atoms with van der Waals surface area (Å²) < 4.78 is 48.1. The Balaban J connectivity index is 1.49. The molecule has 27 heavy (non-hydrogen) atoms. The lowest BCUT2D eigenvalue weighted by atomic mass is 10.1. The number of nitrogens with one attached hydrogen (secondary N) is 1. The lowest BCUT2D eigenvalue weighted by Crippen LogP contribution is -2.25. The number of anilines is 1. The van der Waals surface area contributed by atoms with E-state index in [0.29, 0.717) is 11.4 Å². The summed E-state index contributed by atoms with van der Waals surface area (Å²) in [6.07, 6.45) is -2.00. The smallest absolute Gasteiger partial charge is 0.395 e. The van der Waals surface area contributed by atoms with Crippen molar-refractivity contribution in [3.63, 3.8) is 0 Å². The maximum absolute atomic E-state index is 13.1. The average Bonchev–Trinajstić information content (AvgIpc) is 2.95. The highest BCUT2D eigenvalue weighted by Crippen LogP contribution is 2.42. The summed E-state index contributed by atoms with van der Waals surface area (Å²) >= 11 is 0. The minimum atomic E-state index is -3.64. The second-order valence-electron chi connectivity index (χ2n) is 6.18. The SMILES string of the molecule is C[C@@H](Nc1ccc(-c2ccc3c(c2)OC(F)(F)O3)cn1)c1ccc(F)cc1. The average molecular weight is 372 g/mol. The van der Waals surface area contributed by atoms with Crippen molar-refractivity contribution in [1.29, 1.82) is 0 Å². The number of fused-ring (bicyclic) bond motifs is 1. The molecule has 0 bridgehead atoms. The number of aromatic nitrogens is 1. The predicted molar refractivity (Wildman–Crippen MR) is 94.3 cm³/mol. The molecule has 3 aromatic rings. The Kier molecular flexibility index (Phi) is 4.14. The van der Waals surface area contributed by atoms with Gasteiger partial charge in [0.15, 0.2) is 11.5 Å². The van der Waals surface area contributed by atoms with Gasteiger partial charge in [0.1, 0.15) is 11.6 Å². The zero-order chi connectivity index (χ0) is 19.0. The van der Waals surface area contributed by atoms with E-state index in [1.165, 1.54) is 24.3 Å². The van der Waals surface area contributed by atoms with Gasteiger partial charge in [0, 0.05) is 17.8 Å². The zero-order valence-electron chi connectivity index (χ0n) is 14.2. The van der Waals surface area contributed by atoms with Crippen LogP contribution in [0.4, 0.5) is 19.0 Å². The van der Waals surface area contributed by atoms with Crippen molar-refractivity contribution >= 4 is 5.82 Å². The monoisotopic (exact) mass is 372 g/mol. The fourth-order valence-electron chi connectivity index (χ4n) is 2.84. The van der Waals surface area contributed by atoms with Gasteiger partial charge in [0.05, 0.1) is 0 Å². The van der Waals surface area contributed by atoms with Gasteiger partial charge in [0.25, 0.3) is 0 Å². The number of ether oxygens (including phenoxy) is 2. The summed E-state index contributed by atoms with van der Waals surface area (Å²) in [5.41, 5.74) is 2.36. The molecule has 1 aromatic heterocycles. The van der Waals surface area contributed by atoms with Crippen LogP contribution in [0.15, 0.2) is 60.8 Å². The molecule has 0 aliphatic carbocycles. The number of hydrogen-bond donors (Lipinski definition) is 1. The Morgan fingerprint density at radius 2 is 1.63 bits per heavy atom. The second kappa shape index (κ2) is 6.50. The quantitative estimate of drug-likeness (QED) is 0.668. The van der Waals surface area contributed by atoms with E-state index in [2.05, 4.69) is 19.8 Å². The third kappa shape index (κ3) is 3.67. The Bertz CT molecular complexity index is 960. The molecule has 0 fully saturated rings. The first-order chi connectivity index (χ1) is 12.9. The predicted octanol–water partition coefficient (Wildman–Crippen LogP) is 5.38. The molecule has 2 aromatic carbocycles. The Morgan fingerprint density at radius 3 is 2.33 bits per heavy atom. The van der Waals surface area contributed by atoms with Crippen LogP contribution in [0.3, 0.4) is 0 Å². The molecular weight excluding hydrogens is 357 g/mol. The van der Waals surface area contributed by atoms with Gasteiger partial charge in [-0.3, -0.25) is 0 Å². The summed E-state index contributed by atoms with van der Waals surface area (Å²) in [6.45, 7) is 1.95. The number of nitrogens with zero attached hydrogens (tertiary/aromatic N) is 1. The van der Waals surface area contributed by atoms with Gasteiger partial charge >= 0.3 is 6.29 Å². The number of pyridine rings is 1. The van der Waals surface area contributed by atoms with Crippen molar-refractivity contribution in [3.8, 4) is 22.6 Å². The molecule has 1 N–H and O–H groups in total. The fourth-order valence-corrected chi connectivity index (χ4v) is 2.84. The van der Waals surface area contributed by atoms with Crippen molar-refractivity contribution in [3.05, 3.63) is 72.2 Å². The van der Waals surface area contributed by atoms with Crippen LogP contribution in [-0.2, 0) is 0 Å². The number of alkyl halides is 2. The van der Waals surface area contributed by atoms with E-state index in [1.54, 1.807) is 30.5 Å².